The summed E-state index contributed by atoms with van der Waals surface area (Å²) in [5, 5.41) is 5.28. The van der Waals surface area contributed by atoms with Gasteiger partial charge in [-0.05, 0) is 13.8 Å². The second kappa shape index (κ2) is 9.65. The van der Waals surface area contributed by atoms with Crippen LogP contribution >= 0.6 is 0 Å². The summed E-state index contributed by atoms with van der Waals surface area (Å²) < 4.78 is 15.4. The normalized spacial score (nSPS) is 10.5. The molecular weight excluding hydrogens is 340 g/mol. The first kappa shape index (κ1) is 21.3. The molecule has 0 aliphatic heterocycles. The number of carbonyl (C=O) groups excluding carboxylic acids is 3. The van der Waals surface area contributed by atoms with Crippen molar-refractivity contribution in [1.29, 1.82) is 0 Å². The fraction of sp³-hybridized carbons (Fsp3) is 0.500. The van der Waals surface area contributed by atoms with Gasteiger partial charge >= 0.3 is 5.97 Å². The number of nitrogens with one attached hydrogen (secondary N) is 2. The SMILES string of the molecule is COc1cc(NC(=O)C(C)C)c(C(=O)OCC(=O)NC(C)C)cc1OC. The lowest BCUT2D eigenvalue weighted by Gasteiger charge is -2.16. The maximum Gasteiger partial charge on any atom is 0.340 e. The average Bonchev–Trinajstić information content (AvgIpc) is 2.58. The largest absolute Gasteiger partial charge is 0.493 e. The van der Waals surface area contributed by atoms with E-state index in [0.29, 0.717) is 11.5 Å². The fourth-order valence-corrected chi connectivity index (χ4v) is 2.00. The maximum atomic E-state index is 12.4. The van der Waals surface area contributed by atoms with Gasteiger partial charge in [-0.15, -0.1) is 0 Å². The Labute approximate surface area is 153 Å². The summed E-state index contributed by atoms with van der Waals surface area (Å²) in [6.45, 7) is 6.62. The summed E-state index contributed by atoms with van der Waals surface area (Å²) in [5.41, 5.74) is 0.282. The molecule has 0 bridgehead atoms. The quantitative estimate of drug-likeness (QED) is 0.682. The van der Waals surface area contributed by atoms with E-state index < -0.39 is 18.5 Å². The van der Waals surface area contributed by atoms with Crippen LogP contribution in [-0.4, -0.2) is 44.7 Å². The molecular formula is C18H26N2O6. The molecule has 8 heteroatoms. The lowest BCUT2D eigenvalue weighted by molar-refractivity contribution is -0.124. The van der Waals surface area contributed by atoms with Gasteiger partial charge in [-0.2, -0.15) is 0 Å². The Hall–Kier alpha value is -2.77. The molecule has 1 rings (SSSR count). The number of rotatable bonds is 8. The molecule has 0 unspecified atom stereocenters. The van der Waals surface area contributed by atoms with Gasteiger partial charge < -0.3 is 24.8 Å². The lowest BCUT2D eigenvalue weighted by atomic mass is 10.1. The Morgan fingerprint density at radius 1 is 1.00 bits per heavy atom. The Morgan fingerprint density at radius 2 is 1.58 bits per heavy atom. The number of carbonyl (C=O) groups is 3. The highest BCUT2D eigenvalue weighted by molar-refractivity contribution is 6.03. The van der Waals surface area contributed by atoms with Crippen LogP contribution < -0.4 is 20.1 Å². The van der Waals surface area contributed by atoms with Crippen LogP contribution in [0.15, 0.2) is 12.1 Å². The van der Waals surface area contributed by atoms with E-state index in [2.05, 4.69) is 10.6 Å². The molecule has 1 aromatic rings. The van der Waals surface area contributed by atoms with Crippen molar-refractivity contribution in [3.8, 4) is 11.5 Å². The predicted molar refractivity (Wildman–Crippen MR) is 96.6 cm³/mol. The molecule has 0 aromatic heterocycles. The van der Waals surface area contributed by atoms with Crippen molar-refractivity contribution in [2.75, 3.05) is 26.1 Å². The Morgan fingerprint density at radius 3 is 2.08 bits per heavy atom. The molecule has 0 saturated carbocycles. The molecule has 26 heavy (non-hydrogen) atoms. The predicted octanol–water partition coefficient (Wildman–Crippen LogP) is 1.98. The van der Waals surface area contributed by atoms with Crippen molar-refractivity contribution >= 4 is 23.5 Å². The molecule has 0 aliphatic rings. The summed E-state index contributed by atoms with van der Waals surface area (Å²) in [5.74, 6) is -1.09. The van der Waals surface area contributed by atoms with Crippen LogP contribution in [0.25, 0.3) is 0 Å². The average molecular weight is 366 g/mol. The summed E-state index contributed by atoms with van der Waals surface area (Å²) >= 11 is 0. The highest BCUT2D eigenvalue weighted by Gasteiger charge is 2.21. The molecule has 0 saturated heterocycles. The van der Waals surface area contributed by atoms with Gasteiger partial charge in [0.05, 0.1) is 25.5 Å². The third-order valence-electron chi connectivity index (χ3n) is 3.31. The Balaban J connectivity index is 3.10. The molecule has 0 fully saturated rings. The molecule has 8 nitrogen and oxygen atoms in total. The number of amides is 2. The Bertz CT molecular complexity index is 670. The summed E-state index contributed by atoms with van der Waals surface area (Å²) in [6.07, 6.45) is 0. The first-order valence-corrected chi connectivity index (χ1v) is 8.22. The van der Waals surface area contributed by atoms with Gasteiger partial charge in [0, 0.05) is 24.1 Å². The van der Waals surface area contributed by atoms with E-state index in [1.165, 1.54) is 26.4 Å². The summed E-state index contributed by atoms with van der Waals surface area (Å²) in [7, 11) is 2.87. The first-order valence-electron chi connectivity index (χ1n) is 8.22. The van der Waals surface area contributed by atoms with Gasteiger partial charge in [0.25, 0.3) is 5.91 Å². The molecule has 0 spiro atoms. The molecule has 2 amide bonds. The number of anilines is 1. The number of ether oxygens (including phenoxy) is 3. The van der Waals surface area contributed by atoms with Crippen LogP contribution in [-0.2, 0) is 14.3 Å². The van der Waals surface area contributed by atoms with Gasteiger partial charge in [0.2, 0.25) is 5.91 Å². The van der Waals surface area contributed by atoms with Crippen molar-refractivity contribution < 1.29 is 28.6 Å². The van der Waals surface area contributed by atoms with Crippen LogP contribution in [0.4, 0.5) is 5.69 Å². The zero-order valence-corrected chi connectivity index (χ0v) is 16.0. The second-order valence-corrected chi connectivity index (χ2v) is 6.20. The minimum absolute atomic E-state index is 0.0639. The summed E-state index contributed by atoms with van der Waals surface area (Å²) in [6, 6.07) is 2.81. The van der Waals surface area contributed by atoms with Crippen LogP contribution in [0, 0.1) is 5.92 Å². The highest BCUT2D eigenvalue weighted by atomic mass is 16.5. The van der Waals surface area contributed by atoms with Crippen LogP contribution in [0.5, 0.6) is 11.5 Å². The zero-order valence-electron chi connectivity index (χ0n) is 16.0. The molecule has 144 valence electrons. The van der Waals surface area contributed by atoms with E-state index in [1.54, 1.807) is 27.7 Å². The van der Waals surface area contributed by atoms with Gasteiger partial charge in [-0.25, -0.2) is 4.79 Å². The number of hydrogen-bond donors (Lipinski definition) is 2. The highest BCUT2D eigenvalue weighted by Crippen LogP contribution is 2.34. The van der Waals surface area contributed by atoms with E-state index in [9.17, 15) is 14.4 Å². The van der Waals surface area contributed by atoms with Gasteiger partial charge in [0.1, 0.15) is 0 Å². The third-order valence-corrected chi connectivity index (χ3v) is 3.31. The fourth-order valence-electron chi connectivity index (χ4n) is 2.00. The second-order valence-electron chi connectivity index (χ2n) is 6.20. The number of esters is 1. The van der Waals surface area contributed by atoms with Gasteiger partial charge in [0.15, 0.2) is 18.1 Å². The third kappa shape index (κ3) is 5.94. The van der Waals surface area contributed by atoms with E-state index in [1.807, 2.05) is 0 Å². The van der Waals surface area contributed by atoms with Crippen molar-refractivity contribution in [3.05, 3.63) is 17.7 Å². The van der Waals surface area contributed by atoms with Crippen LogP contribution in [0.3, 0.4) is 0 Å². The number of hydrogen-bond acceptors (Lipinski definition) is 6. The van der Waals surface area contributed by atoms with Gasteiger partial charge in [-0.1, -0.05) is 13.8 Å². The van der Waals surface area contributed by atoms with Crippen molar-refractivity contribution in [1.82, 2.24) is 5.32 Å². The Kier molecular flexibility index (Phi) is 7.89. The minimum Gasteiger partial charge on any atom is -0.493 e. The van der Waals surface area contributed by atoms with Crippen molar-refractivity contribution in [2.45, 2.75) is 33.7 Å². The van der Waals surface area contributed by atoms with E-state index >= 15 is 0 Å². The molecule has 0 atom stereocenters. The smallest absolute Gasteiger partial charge is 0.340 e. The maximum absolute atomic E-state index is 12.4. The lowest BCUT2D eigenvalue weighted by Crippen LogP contribution is -2.34. The zero-order chi connectivity index (χ0) is 19.9. The number of methoxy groups -OCH3 is 2. The summed E-state index contributed by atoms with van der Waals surface area (Å²) in [4.78, 5) is 36.1. The van der Waals surface area contributed by atoms with Crippen LogP contribution in [0.2, 0.25) is 0 Å². The van der Waals surface area contributed by atoms with Crippen molar-refractivity contribution in [2.24, 2.45) is 5.92 Å². The number of benzene rings is 1. The minimum atomic E-state index is -0.760. The monoisotopic (exact) mass is 366 g/mol. The molecule has 2 N–H and O–H groups in total. The molecule has 0 heterocycles. The van der Waals surface area contributed by atoms with Gasteiger partial charge in [-0.3, -0.25) is 9.59 Å². The topological polar surface area (TPSA) is 103 Å². The molecule has 0 aliphatic carbocycles. The van der Waals surface area contributed by atoms with Crippen LogP contribution in [0.1, 0.15) is 38.1 Å². The van der Waals surface area contributed by atoms with E-state index in [-0.39, 0.29) is 29.1 Å². The standard InChI is InChI=1S/C18H26N2O6/c1-10(2)17(22)20-13-8-15(25-6)14(24-5)7-12(13)18(23)26-9-16(21)19-11(3)4/h7-8,10-11H,9H2,1-6H3,(H,19,21)(H,20,22). The first-order chi connectivity index (χ1) is 12.2. The van der Waals surface area contributed by atoms with Crippen molar-refractivity contribution in [3.63, 3.8) is 0 Å². The van der Waals surface area contributed by atoms with E-state index in [0.717, 1.165) is 0 Å². The molecule has 0 radical (unpaired) electrons. The molecule has 1 aromatic carbocycles. The van der Waals surface area contributed by atoms with E-state index in [4.69, 9.17) is 14.2 Å².